The normalized spacial score (nSPS) is 11.1. The standard InChI is InChI=1S/C15H23N3O3.ClH/c1-5-21-13-7-6-11(15(20)18(3)4)8-12(13)17-14(19)10(2)9-16;/h6-8,10H,5,9,16H2,1-4H3,(H,17,19);1H. The molecule has 0 heterocycles. The molecule has 3 N–H and O–H groups in total. The maximum absolute atomic E-state index is 12.0. The Labute approximate surface area is 137 Å². The molecular weight excluding hydrogens is 306 g/mol. The maximum Gasteiger partial charge on any atom is 0.253 e. The van der Waals surface area contributed by atoms with Crippen LogP contribution in [0.4, 0.5) is 5.69 Å². The van der Waals surface area contributed by atoms with E-state index in [2.05, 4.69) is 5.32 Å². The smallest absolute Gasteiger partial charge is 0.253 e. The number of benzene rings is 1. The monoisotopic (exact) mass is 329 g/mol. The summed E-state index contributed by atoms with van der Waals surface area (Å²) in [6.07, 6.45) is 0. The molecule has 0 saturated carbocycles. The second-order valence-corrected chi connectivity index (χ2v) is 4.97. The lowest BCUT2D eigenvalue weighted by atomic mass is 10.1. The molecule has 1 aromatic carbocycles. The molecule has 0 aromatic heterocycles. The van der Waals surface area contributed by atoms with Gasteiger partial charge >= 0.3 is 0 Å². The van der Waals surface area contributed by atoms with Gasteiger partial charge in [0, 0.05) is 32.1 Å². The number of anilines is 1. The highest BCUT2D eigenvalue weighted by atomic mass is 35.5. The topological polar surface area (TPSA) is 84.7 Å². The first-order valence-corrected chi connectivity index (χ1v) is 6.90. The van der Waals surface area contributed by atoms with Crippen LogP contribution in [-0.4, -0.2) is 44.0 Å². The van der Waals surface area contributed by atoms with Gasteiger partial charge in [0.2, 0.25) is 5.91 Å². The van der Waals surface area contributed by atoms with Gasteiger partial charge in [-0.2, -0.15) is 0 Å². The highest BCUT2D eigenvalue weighted by Crippen LogP contribution is 2.27. The molecule has 1 unspecified atom stereocenters. The number of nitrogens with zero attached hydrogens (tertiary/aromatic N) is 1. The van der Waals surface area contributed by atoms with Crippen LogP contribution in [-0.2, 0) is 4.79 Å². The van der Waals surface area contributed by atoms with Gasteiger partial charge in [-0.15, -0.1) is 12.4 Å². The van der Waals surface area contributed by atoms with Crippen molar-refractivity contribution >= 4 is 29.9 Å². The Morgan fingerprint density at radius 3 is 2.50 bits per heavy atom. The van der Waals surface area contributed by atoms with Gasteiger partial charge in [0.25, 0.3) is 5.91 Å². The number of ether oxygens (including phenoxy) is 1. The van der Waals surface area contributed by atoms with Crippen LogP contribution >= 0.6 is 12.4 Å². The average Bonchev–Trinajstić information content (AvgIpc) is 2.47. The summed E-state index contributed by atoms with van der Waals surface area (Å²) in [5.41, 5.74) is 6.45. The molecule has 0 fully saturated rings. The Hall–Kier alpha value is -1.79. The second kappa shape index (κ2) is 9.27. The van der Waals surface area contributed by atoms with Gasteiger partial charge in [-0.1, -0.05) is 6.92 Å². The van der Waals surface area contributed by atoms with Crippen molar-refractivity contribution in [3.05, 3.63) is 23.8 Å². The molecule has 7 heteroatoms. The number of hydrogen-bond donors (Lipinski definition) is 2. The Balaban J connectivity index is 0.00000441. The highest BCUT2D eigenvalue weighted by molar-refractivity contribution is 5.98. The van der Waals surface area contributed by atoms with E-state index in [4.69, 9.17) is 10.5 Å². The van der Waals surface area contributed by atoms with Crippen LogP contribution in [0.15, 0.2) is 18.2 Å². The summed E-state index contributed by atoms with van der Waals surface area (Å²) in [4.78, 5) is 25.4. The molecular formula is C15H24ClN3O3. The van der Waals surface area contributed by atoms with Crippen molar-refractivity contribution in [3.8, 4) is 5.75 Å². The molecule has 0 radical (unpaired) electrons. The molecule has 22 heavy (non-hydrogen) atoms. The predicted octanol–water partition coefficient (Wildman–Crippen LogP) is 1.74. The van der Waals surface area contributed by atoms with E-state index in [1.165, 1.54) is 4.90 Å². The number of nitrogens with one attached hydrogen (secondary N) is 1. The average molecular weight is 330 g/mol. The number of carbonyl (C=O) groups excluding carboxylic acids is 2. The number of nitrogens with two attached hydrogens (primary N) is 1. The van der Waals surface area contributed by atoms with Crippen LogP contribution in [0.3, 0.4) is 0 Å². The van der Waals surface area contributed by atoms with Crippen molar-refractivity contribution in [2.45, 2.75) is 13.8 Å². The van der Waals surface area contributed by atoms with Gasteiger partial charge in [-0.3, -0.25) is 9.59 Å². The Morgan fingerprint density at radius 1 is 1.36 bits per heavy atom. The number of rotatable bonds is 6. The molecule has 1 atom stereocenters. The summed E-state index contributed by atoms with van der Waals surface area (Å²) in [7, 11) is 3.35. The first-order valence-electron chi connectivity index (χ1n) is 6.90. The number of amides is 2. The molecule has 0 bridgehead atoms. The van der Waals surface area contributed by atoms with Crippen molar-refractivity contribution in [1.29, 1.82) is 0 Å². The summed E-state index contributed by atoms with van der Waals surface area (Å²) < 4.78 is 5.48. The molecule has 0 saturated heterocycles. The lowest BCUT2D eigenvalue weighted by molar-refractivity contribution is -0.119. The second-order valence-electron chi connectivity index (χ2n) is 4.97. The fraction of sp³-hybridized carbons (Fsp3) is 0.467. The molecule has 0 aliphatic carbocycles. The third-order valence-electron chi connectivity index (χ3n) is 2.99. The number of hydrogen-bond acceptors (Lipinski definition) is 4. The highest BCUT2D eigenvalue weighted by Gasteiger charge is 2.16. The zero-order valence-electron chi connectivity index (χ0n) is 13.4. The third-order valence-corrected chi connectivity index (χ3v) is 2.99. The minimum absolute atomic E-state index is 0. The van der Waals surface area contributed by atoms with Gasteiger partial charge < -0.3 is 20.7 Å². The van der Waals surface area contributed by atoms with E-state index >= 15 is 0 Å². The molecule has 124 valence electrons. The fourth-order valence-electron chi connectivity index (χ4n) is 1.66. The minimum Gasteiger partial charge on any atom is -0.492 e. The number of halogens is 1. The lowest BCUT2D eigenvalue weighted by Crippen LogP contribution is -2.27. The van der Waals surface area contributed by atoms with E-state index in [-0.39, 0.29) is 36.7 Å². The van der Waals surface area contributed by atoms with Gasteiger partial charge in [-0.05, 0) is 25.1 Å². The van der Waals surface area contributed by atoms with Gasteiger partial charge in [0.15, 0.2) is 0 Å². The molecule has 0 aliphatic rings. The maximum atomic E-state index is 12.0. The Morgan fingerprint density at radius 2 is 2.00 bits per heavy atom. The van der Waals surface area contributed by atoms with E-state index in [0.717, 1.165) is 0 Å². The largest absolute Gasteiger partial charge is 0.492 e. The van der Waals surface area contributed by atoms with E-state index in [1.54, 1.807) is 39.2 Å². The van der Waals surface area contributed by atoms with Crippen molar-refractivity contribution in [2.24, 2.45) is 11.7 Å². The molecule has 6 nitrogen and oxygen atoms in total. The Kier molecular flexibility index (Phi) is 8.52. The quantitative estimate of drug-likeness (QED) is 0.832. The van der Waals surface area contributed by atoms with Crippen molar-refractivity contribution < 1.29 is 14.3 Å². The molecule has 1 rings (SSSR count). The molecule has 0 spiro atoms. The van der Waals surface area contributed by atoms with Crippen molar-refractivity contribution in [2.75, 3.05) is 32.6 Å². The minimum atomic E-state index is -0.312. The molecule has 0 aliphatic heterocycles. The molecule has 1 aromatic rings. The molecule has 2 amide bonds. The summed E-state index contributed by atoms with van der Waals surface area (Å²) in [6.45, 7) is 4.32. The van der Waals surface area contributed by atoms with E-state index in [9.17, 15) is 9.59 Å². The zero-order valence-corrected chi connectivity index (χ0v) is 14.2. The summed E-state index contributed by atoms with van der Waals surface area (Å²) in [6, 6.07) is 4.98. The first kappa shape index (κ1) is 20.2. The van der Waals surface area contributed by atoms with Crippen LogP contribution in [0.1, 0.15) is 24.2 Å². The van der Waals surface area contributed by atoms with Crippen LogP contribution in [0.25, 0.3) is 0 Å². The van der Waals surface area contributed by atoms with Crippen molar-refractivity contribution in [1.82, 2.24) is 4.90 Å². The SMILES string of the molecule is CCOc1ccc(C(=O)N(C)C)cc1NC(=O)C(C)CN.Cl. The van der Waals surface area contributed by atoms with Crippen molar-refractivity contribution in [3.63, 3.8) is 0 Å². The third kappa shape index (κ3) is 5.20. The first-order chi connectivity index (χ1) is 9.90. The number of carbonyl (C=O) groups is 2. The summed E-state index contributed by atoms with van der Waals surface area (Å²) >= 11 is 0. The van der Waals surface area contributed by atoms with Gasteiger partial charge in [0.05, 0.1) is 12.3 Å². The van der Waals surface area contributed by atoms with Crippen LogP contribution in [0.5, 0.6) is 5.75 Å². The van der Waals surface area contributed by atoms with Crippen LogP contribution in [0, 0.1) is 5.92 Å². The van der Waals surface area contributed by atoms with E-state index in [0.29, 0.717) is 23.6 Å². The van der Waals surface area contributed by atoms with Crippen LogP contribution in [0.2, 0.25) is 0 Å². The summed E-state index contributed by atoms with van der Waals surface area (Å²) in [5.74, 6) is -0.119. The predicted molar refractivity (Wildman–Crippen MR) is 89.7 cm³/mol. The van der Waals surface area contributed by atoms with E-state index < -0.39 is 0 Å². The van der Waals surface area contributed by atoms with Crippen LogP contribution < -0.4 is 15.8 Å². The van der Waals surface area contributed by atoms with Gasteiger partial charge in [0.1, 0.15) is 5.75 Å². The van der Waals surface area contributed by atoms with E-state index in [1.807, 2.05) is 6.92 Å². The van der Waals surface area contributed by atoms with Gasteiger partial charge in [-0.25, -0.2) is 0 Å². The zero-order chi connectivity index (χ0) is 16.0. The Bertz CT molecular complexity index is 521. The summed E-state index contributed by atoms with van der Waals surface area (Å²) in [5, 5.41) is 2.77. The fourth-order valence-corrected chi connectivity index (χ4v) is 1.66. The lowest BCUT2D eigenvalue weighted by Gasteiger charge is -2.16.